The van der Waals surface area contributed by atoms with Gasteiger partial charge in [-0.25, -0.2) is 18.2 Å². The molecule has 4 aliphatic rings. The average Bonchev–Trinajstić information content (AvgIpc) is 3.67. The van der Waals surface area contributed by atoms with E-state index in [1.54, 1.807) is 18.2 Å². The van der Waals surface area contributed by atoms with Gasteiger partial charge in [0.2, 0.25) is 0 Å². The quantitative estimate of drug-likeness (QED) is 0.313. The Kier molecular flexibility index (Phi) is 6.47. The first-order chi connectivity index (χ1) is 21.3. The highest BCUT2D eigenvalue weighted by atomic mass is 19.1. The molecule has 0 aliphatic carbocycles. The van der Waals surface area contributed by atoms with Crippen LogP contribution < -0.4 is 15.0 Å². The third-order valence-corrected chi connectivity index (χ3v) is 10.1. The number of aromatic nitrogens is 3. The summed E-state index contributed by atoms with van der Waals surface area (Å²) < 4.78 is 52.4. The summed E-state index contributed by atoms with van der Waals surface area (Å²) in [5, 5.41) is 5.27. The summed E-state index contributed by atoms with van der Waals surface area (Å²) in [6.07, 6.45) is 9.20. The van der Waals surface area contributed by atoms with Crippen molar-refractivity contribution in [3.63, 3.8) is 0 Å². The molecule has 4 atom stereocenters. The lowest BCUT2D eigenvalue weighted by atomic mass is 9.95. The zero-order chi connectivity index (χ0) is 30.2. The summed E-state index contributed by atoms with van der Waals surface area (Å²) in [7, 11) is 0. The lowest BCUT2D eigenvalue weighted by molar-refractivity contribution is 0.107. The summed E-state index contributed by atoms with van der Waals surface area (Å²) in [4.78, 5) is 18.6. The fourth-order valence-corrected chi connectivity index (χ4v) is 8.09. The van der Waals surface area contributed by atoms with Gasteiger partial charge < -0.3 is 15.0 Å². The molecule has 8 rings (SSSR count). The van der Waals surface area contributed by atoms with E-state index in [-0.39, 0.29) is 29.4 Å². The molecule has 10 heteroatoms. The van der Waals surface area contributed by atoms with Gasteiger partial charge in [0.25, 0.3) is 0 Å². The van der Waals surface area contributed by atoms with Gasteiger partial charge >= 0.3 is 6.01 Å². The molecule has 226 valence electrons. The van der Waals surface area contributed by atoms with E-state index in [2.05, 4.69) is 26.0 Å². The molecule has 2 aromatic heterocycles. The van der Waals surface area contributed by atoms with Crippen molar-refractivity contribution in [1.29, 1.82) is 0 Å². The number of hydrogen-bond donors (Lipinski definition) is 1. The van der Waals surface area contributed by atoms with E-state index in [1.807, 2.05) is 13.0 Å². The van der Waals surface area contributed by atoms with Crippen molar-refractivity contribution in [1.82, 2.24) is 25.2 Å². The van der Waals surface area contributed by atoms with Crippen molar-refractivity contribution in [3.8, 4) is 29.6 Å². The Balaban J connectivity index is 1.29. The van der Waals surface area contributed by atoms with Crippen LogP contribution in [-0.2, 0) is 0 Å². The monoisotopic (exact) mass is 598 g/mol. The molecule has 4 aromatic rings. The summed E-state index contributed by atoms with van der Waals surface area (Å²) in [5.41, 5.74) is 0.725. The van der Waals surface area contributed by atoms with Gasteiger partial charge in [-0.05, 0) is 50.6 Å². The molecule has 4 saturated heterocycles. The predicted molar refractivity (Wildman–Crippen MR) is 164 cm³/mol. The number of fused-ring (bicyclic) bond motifs is 5. The molecule has 2 unspecified atom stereocenters. The van der Waals surface area contributed by atoms with Gasteiger partial charge in [0.15, 0.2) is 5.82 Å². The van der Waals surface area contributed by atoms with Gasteiger partial charge in [-0.15, -0.1) is 6.42 Å². The highest BCUT2D eigenvalue weighted by Gasteiger charge is 2.49. The Labute approximate surface area is 253 Å². The molecule has 0 saturated carbocycles. The van der Waals surface area contributed by atoms with E-state index in [0.29, 0.717) is 58.3 Å². The maximum absolute atomic E-state index is 16.9. The number of benzene rings is 2. The lowest BCUT2D eigenvalue weighted by Crippen LogP contribution is -2.51. The van der Waals surface area contributed by atoms with Gasteiger partial charge in [-0.3, -0.25) is 4.90 Å². The summed E-state index contributed by atoms with van der Waals surface area (Å²) in [6, 6.07) is 8.94. The van der Waals surface area contributed by atoms with Crippen molar-refractivity contribution in [2.75, 3.05) is 37.7 Å². The van der Waals surface area contributed by atoms with Crippen LogP contribution in [0.1, 0.15) is 43.4 Å². The predicted octanol–water partition coefficient (Wildman–Crippen LogP) is 5.31. The SMILES string of the molecule is C#Cc1c(F)ccc2cccc(-c3nc(C)c4c(N5CC6CCC(C5)N6)nc(OC[C@@]56CCCN5C[C@H](F)C6)nc4c3F)c12. The van der Waals surface area contributed by atoms with Crippen LogP contribution in [0.25, 0.3) is 32.9 Å². The molecule has 1 N–H and O–H groups in total. The fraction of sp³-hybridized carbons (Fsp3) is 0.441. The van der Waals surface area contributed by atoms with Crippen LogP contribution in [0, 0.1) is 30.9 Å². The maximum atomic E-state index is 16.9. The third kappa shape index (κ3) is 4.32. The van der Waals surface area contributed by atoms with Crippen LogP contribution in [0.3, 0.4) is 0 Å². The smallest absolute Gasteiger partial charge is 0.319 e. The van der Waals surface area contributed by atoms with E-state index in [4.69, 9.17) is 21.1 Å². The number of nitrogens with one attached hydrogen (secondary N) is 1. The standard InChI is InChI=1S/C34H33F3N6O/c1-3-24-26(36)11-8-20-6-4-7-25(28(20)24)30-29(37)31-27(19(2)38-30)32(42-16-22-9-10-23(17-42)39-22)41-33(40-31)44-18-34-12-5-13-43(34)15-21(35)14-34/h1,4,6-8,11,21-23,39H,5,9-10,12-18H2,2H3/t21-,22?,23?,34+/m1/s1. The Morgan fingerprint density at radius 1 is 1.07 bits per heavy atom. The van der Waals surface area contributed by atoms with Gasteiger partial charge in [0.1, 0.15) is 35.6 Å². The van der Waals surface area contributed by atoms with Crippen molar-refractivity contribution in [3.05, 3.63) is 53.2 Å². The minimum atomic E-state index is -0.893. The first-order valence-electron chi connectivity index (χ1n) is 15.4. The number of rotatable bonds is 5. The Hall–Kier alpha value is -3.94. The molecule has 44 heavy (non-hydrogen) atoms. The Morgan fingerprint density at radius 2 is 1.89 bits per heavy atom. The number of alkyl halides is 1. The zero-order valence-electron chi connectivity index (χ0n) is 24.5. The molecule has 2 bridgehead atoms. The molecular weight excluding hydrogens is 565 g/mol. The number of pyridine rings is 1. The van der Waals surface area contributed by atoms with E-state index >= 15 is 4.39 Å². The molecule has 7 nitrogen and oxygen atoms in total. The first kappa shape index (κ1) is 27.6. The highest BCUT2D eigenvalue weighted by Crippen LogP contribution is 2.42. The number of anilines is 1. The molecular formula is C34H33F3N6O. The van der Waals surface area contributed by atoms with Gasteiger partial charge in [0, 0.05) is 49.1 Å². The van der Waals surface area contributed by atoms with Crippen LogP contribution in [-0.4, -0.2) is 76.4 Å². The normalized spacial score (nSPS) is 26.4. The number of piperazine rings is 1. The maximum Gasteiger partial charge on any atom is 0.319 e. The average molecular weight is 599 g/mol. The lowest BCUT2D eigenvalue weighted by Gasteiger charge is -2.35. The number of aryl methyl sites for hydroxylation is 1. The first-order valence-corrected chi connectivity index (χ1v) is 15.4. The topological polar surface area (TPSA) is 66.4 Å². The summed E-state index contributed by atoms with van der Waals surface area (Å²) >= 11 is 0. The van der Waals surface area contributed by atoms with Crippen LogP contribution in [0.5, 0.6) is 6.01 Å². The van der Waals surface area contributed by atoms with Crippen molar-refractivity contribution >= 4 is 27.5 Å². The molecule has 4 fully saturated rings. The Morgan fingerprint density at radius 3 is 2.68 bits per heavy atom. The van der Waals surface area contributed by atoms with Crippen LogP contribution >= 0.6 is 0 Å². The summed E-state index contributed by atoms with van der Waals surface area (Å²) in [5.74, 6) is 1.83. The minimum Gasteiger partial charge on any atom is -0.461 e. The summed E-state index contributed by atoms with van der Waals surface area (Å²) in [6.45, 7) is 4.74. The largest absolute Gasteiger partial charge is 0.461 e. The van der Waals surface area contributed by atoms with Crippen molar-refractivity contribution in [2.45, 2.75) is 62.8 Å². The number of hydrogen-bond acceptors (Lipinski definition) is 7. The molecule has 4 aliphatic heterocycles. The van der Waals surface area contributed by atoms with E-state index in [1.165, 1.54) is 6.07 Å². The highest BCUT2D eigenvalue weighted by molar-refractivity contribution is 6.02. The van der Waals surface area contributed by atoms with Crippen LogP contribution in [0.2, 0.25) is 0 Å². The van der Waals surface area contributed by atoms with Crippen LogP contribution in [0.15, 0.2) is 30.3 Å². The zero-order valence-corrected chi connectivity index (χ0v) is 24.5. The van der Waals surface area contributed by atoms with Gasteiger partial charge in [-0.1, -0.05) is 30.2 Å². The van der Waals surface area contributed by atoms with E-state index < -0.39 is 23.3 Å². The van der Waals surface area contributed by atoms with E-state index in [9.17, 15) is 8.78 Å². The molecule has 2 aromatic carbocycles. The van der Waals surface area contributed by atoms with Crippen LogP contribution in [0.4, 0.5) is 19.0 Å². The molecule has 0 radical (unpaired) electrons. The second-order valence-corrected chi connectivity index (χ2v) is 12.8. The molecule has 0 spiro atoms. The second kappa shape index (κ2) is 10.3. The van der Waals surface area contributed by atoms with Crippen molar-refractivity contribution in [2.24, 2.45) is 0 Å². The number of nitrogens with zero attached hydrogens (tertiary/aromatic N) is 5. The van der Waals surface area contributed by atoms with Gasteiger partial charge in [-0.2, -0.15) is 9.97 Å². The molecule has 0 amide bonds. The Bertz CT molecular complexity index is 1850. The third-order valence-electron chi connectivity index (χ3n) is 10.1. The number of halogens is 3. The minimum absolute atomic E-state index is 0.0373. The number of ether oxygens (including phenoxy) is 1. The van der Waals surface area contributed by atoms with E-state index in [0.717, 1.165) is 45.3 Å². The fourth-order valence-electron chi connectivity index (χ4n) is 8.09. The van der Waals surface area contributed by atoms with Gasteiger partial charge in [0.05, 0.1) is 22.2 Å². The molecule has 6 heterocycles. The van der Waals surface area contributed by atoms with Crippen molar-refractivity contribution < 1.29 is 17.9 Å². The second-order valence-electron chi connectivity index (χ2n) is 12.8. The number of terminal acetylenes is 1.